The van der Waals surface area contributed by atoms with Crippen molar-refractivity contribution in [2.45, 2.75) is 69.0 Å². The largest absolute Gasteiger partial charge is 0.497 e. The first-order chi connectivity index (χ1) is 22.0. The van der Waals surface area contributed by atoms with Gasteiger partial charge >= 0.3 is 0 Å². The zero-order valence-corrected chi connectivity index (χ0v) is 29.0. The molecule has 1 amide bonds. The maximum absolute atomic E-state index is 14.3. The molecule has 3 aromatic rings. The van der Waals surface area contributed by atoms with E-state index in [1.165, 1.54) is 12.1 Å². The average molecular weight is 674 g/mol. The van der Waals surface area contributed by atoms with Crippen molar-refractivity contribution in [2.75, 3.05) is 45.2 Å². The van der Waals surface area contributed by atoms with E-state index in [2.05, 4.69) is 23.6 Å². The number of anilines is 1. The predicted octanol–water partition coefficient (Wildman–Crippen LogP) is 5.49. The molecular formula is C34H47N3O7S2. The number of carbonyl (C=O) groups excluding carboxylic acids is 1. The predicted molar refractivity (Wildman–Crippen MR) is 181 cm³/mol. The van der Waals surface area contributed by atoms with Gasteiger partial charge in [0.15, 0.2) is 0 Å². The number of aliphatic hydroxyl groups is 1. The van der Waals surface area contributed by atoms with Crippen LogP contribution in [-0.2, 0) is 21.3 Å². The third kappa shape index (κ3) is 9.68. The highest BCUT2D eigenvalue weighted by Gasteiger charge is 2.31. The molecule has 10 nitrogen and oxygen atoms in total. The summed E-state index contributed by atoms with van der Waals surface area (Å²) in [5.74, 6) is 0.757. The molecule has 252 valence electrons. The summed E-state index contributed by atoms with van der Waals surface area (Å²) in [5, 5.41) is 11.9. The molecule has 2 heterocycles. The molecule has 0 saturated carbocycles. The fourth-order valence-electron chi connectivity index (χ4n) is 5.48. The number of hydrogen-bond acceptors (Lipinski definition) is 9. The average Bonchev–Trinajstić information content (AvgIpc) is 3.59. The zero-order valence-electron chi connectivity index (χ0n) is 27.3. The molecule has 0 saturated heterocycles. The van der Waals surface area contributed by atoms with Gasteiger partial charge in [-0.1, -0.05) is 25.1 Å². The molecule has 2 aromatic carbocycles. The van der Waals surface area contributed by atoms with Crippen LogP contribution in [-0.4, -0.2) is 87.9 Å². The van der Waals surface area contributed by atoms with Gasteiger partial charge in [-0.05, 0) is 87.5 Å². The second kappa shape index (κ2) is 16.6. The second-order valence-corrected chi connectivity index (χ2v) is 15.0. The minimum atomic E-state index is -3.83. The van der Waals surface area contributed by atoms with Crippen LogP contribution in [0.1, 0.15) is 56.0 Å². The summed E-state index contributed by atoms with van der Waals surface area (Å²) in [7, 11) is -0.122. The van der Waals surface area contributed by atoms with Crippen molar-refractivity contribution in [3.63, 3.8) is 0 Å². The standard InChI is InChI=1S/C34H47N3O7S2/c1-24-20-37(25(2)23-38)34(39)30-19-28(35-46(40,41)33-10-8-18-45-33)13-16-31(30)44-26(3)9-6-7-17-43-32(24)22-36(4)21-27-11-14-29(42-5)15-12-27/h8,10-16,18-19,24-26,32,35,38H,6-7,9,17,20-23H2,1-5H3/t24-,25-,26-,32-/m0/s1. The summed E-state index contributed by atoms with van der Waals surface area (Å²) in [6.45, 7) is 7.86. The van der Waals surface area contributed by atoms with E-state index in [1.54, 1.807) is 42.5 Å². The number of fused-ring (bicyclic) bond motifs is 1. The van der Waals surface area contributed by atoms with Gasteiger partial charge in [0.1, 0.15) is 15.7 Å². The number of nitrogens with zero attached hydrogens (tertiary/aromatic N) is 2. The lowest BCUT2D eigenvalue weighted by atomic mass is 10.0. The first kappa shape index (κ1) is 35.7. The summed E-state index contributed by atoms with van der Waals surface area (Å²) in [5.41, 5.74) is 1.64. The third-order valence-corrected chi connectivity index (χ3v) is 10.9. The van der Waals surface area contributed by atoms with E-state index >= 15 is 0 Å². The summed E-state index contributed by atoms with van der Waals surface area (Å²) in [6, 6.07) is 15.5. The molecule has 2 N–H and O–H groups in total. The number of amides is 1. The summed E-state index contributed by atoms with van der Waals surface area (Å²) >= 11 is 1.11. The molecule has 4 atom stereocenters. The van der Waals surface area contributed by atoms with Crippen molar-refractivity contribution in [1.29, 1.82) is 0 Å². The molecule has 4 rings (SSSR count). The van der Waals surface area contributed by atoms with Crippen LogP contribution < -0.4 is 14.2 Å². The Labute approximate surface area is 277 Å². The quantitative estimate of drug-likeness (QED) is 0.291. The maximum Gasteiger partial charge on any atom is 0.271 e. The third-order valence-electron chi connectivity index (χ3n) is 8.17. The minimum absolute atomic E-state index is 0.0805. The Morgan fingerprint density at radius 3 is 2.59 bits per heavy atom. The molecule has 0 spiro atoms. The highest BCUT2D eigenvalue weighted by atomic mass is 32.2. The van der Waals surface area contributed by atoms with Crippen LogP contribution in [0.15, 0.2) is 64.2 Å². The van der Waals surface area contributed by atoms with Crippen molar-refractivity contribution < 1.29 is 32.5 Å². The van der Waals surface area contributed by atoms with Gasteiger partial charge in [-0.25, -0.2) is 8.42 Å². The van der Waals surface area contributed by atoms with Crippen LogP contribution >= 0.6 is 11.3 Å². The van der Waals surface area contributed by atoms with Gasteiger partial charge in [-0.15, -0.1) is 11.3 Å². The van der Waals surface area contributed by atoms with Gasteiger partial charge < -0.3 is 24.2 Å². The number of thiophene rings is 1. The summed E-state index contributed by atoms with van der Waals surface area (Å²) < 4.78 is 46.8. The summed E-state index contributed by atoms with van der Waals surface area (Å²) in [6.07, 6.45) is 2.16. The highest BCUT2D eigenvalue weighted by molar-refractivity contribution is 7.94. The maximum atomic E-state index is 14.3. The Morgan fingerprint density at radius 2 is 1.91 bits per heavy atom. The van der Waals surface area contributed by atoms with Crippen LogP contribution in [0, 0.1) is 5.92 Å². The Bertz CT molecular complexity index is 1500. The lowest BCUT2D eigenvalue weighted by Gasteiger charge is -2.36. The van der Waals surface area contributed by atoms with E-state index in [0.717, 1.165) is 48.5 Å². The number of ether oxygens (including phenoxy) is 3. The lowest BCUT2D eigenvalue weighted by Crippen LogP contribution is -2.47. The number of hydrogen-bond donors (Lipinski definition) is 2. The van der Waals surface area contributed by atoms with E-state index in [-0.39, 0.29) is 46.1 Å². The van der Waals surface area contributed by atoms with Crippen molar-refractivity contribution in [1.82, 2.24) is 9.80 Å². The fraction of sp³-hybridized carbons (Fsp3) is 0.500. The van der Waals surface area contributed by atoms with Crippen LogP contribution in [0.2, 0.25) is 0 Å². The van der Waals surface area contributed by atoms with E-state index in [1.807, 2.05) is 31.2 Å². The monoisotopic (exact) mass is 673 g/mol. The van der Waals surface area contributed by atoms with Crippen LogP contribution in [0.25, 0.3) is 0 Å². The van der Waals surface area contributed by atoms with Crippen molar-refractivity contribution >= 4 is 33.0 Å². The number of rotatable bonds is 10. The van der Waals surface area contributed by atoms with Crippen LogP contribution in [0.3, 0.4) is 0 Å². The molecule has 0 radical (unpaired) electrons. The smallest absolute Gasteiger partial charge is 0.271 e. The minimum Gasteiger partial charge on any atom is -0.497 e. The SMILES string of the molecule is COc1ccc(CN(C)C[C@@H]2OCCCC[C@H](C)Oc3ccc(NS(=O)(=O)c4cccs4)cc3C(=O)N([C@@H](C)CO)C[C@@H]2C)cc1. The molecule has 0 bridgehead atoms. The van der Waals surface area contributed by atoms with Crippen molar-refractivity contribution in [3.05, 3.63) is 71.1 Å². The van der Waals surface area contributed by atoms with Crippen LogP contribution in [0.4, 0.5) is 5.69 Å². The van der Waals surface area contributed by atoms with Crippen molar-refractivity contribution in [3.8, 4) is 11.5 Å². The first-order valence-electron chi connectivity index (χ1n) is 15.7. The van der Waals surface area contributed by atoms with E-state index in [0.29, 0.717) is 25.4 Å². The Balaban J connectivity index is 1.61. The second-order valence-electron chi connectivity index (χ2n) is 12.1. The molecular weight excluding hydrogens is 627 g/mol. The number of aliphatic hydroxyl groups excluding tert-OH is 1. The molecule has 0 aliphatic carbocycles. The van der Waals surface area contributed by atoms with Crippen molar-refractivity contribution in [2.24, 2.45) is 5.92 Å². The van der Waals surface area contributed by atoms with Crippen LogP contribution in [0.5, 0.6) is 11.5 Å². The lowest BCUT2D eigenvalue weighted by molar-refractivity contribution is -0.0177. The number of sulfonamides is 1. The number of methoxy groups -OCH3 is 1. The fourth-order valence-corrected chi connectivity index (χ4v) is 7.53. The molecule has 12 heteroatoms. The normalized spacial score (nSPS) is 20.8. The molecule has 1 aliphatic heterocycles. The Hall–Kier alpha value is -3.16. The van der Waals surface area contributed by atoms with E-state index < -0.39 is 16.1 Å². The van der Waals surface area contributed by atoms with E-state index in [9.17, 15) is 18.3 Å². The first-order valence-corrected chi connectivity index (χ1v) is 18.1. The number of benzene rings is 2. The van der Waals surface area contributed by atoms with E-state index in [4.69, 9.17) is 14.2 Å². The molecule has 0 fully saturated rings. The number of nitrogens with one attached hydrogen (secondary N) is 1. The Morgan fingerprint density at radius 1 is 1.15 bits per heavy atom. The van der Waals surface area contributed by atoms with Gasteiger partial charge in [0.05, 0.1) is 37.5 Å². The summed E-state index contributed by atoms with van der Waals surface area (Å²) in [4.78, 5) is 18.2. The van der Waals surface area contributed by atoms with Gasteiger partial charge in [-0.2, -0.15) is 0 Å². The Kier molecular flexibility index (Phi) is 12.9. The number of carbonyl (C=O) groups is 1. The molecule has 1 aliphatic rings. The molecule has 0 unspecified atom stereocenters. The van der Waals surface area contributed by atoms with Gasteiger partial charge in [0.25, 0.3) is 15.9 Å². The van der Waals surface area contributed by atoms with Gasteiger partial charge in [0.2, 0.25) is 0 Å². The molecule has 46 heavy (non-hydrogen) atoms. The van der Waals surface area contributed by atoms with Gasteiger partial charge in [-0.3, -0.25) is 14.4 Å². The van der Waals surface area contributed by atoms with Gasteiger partial charge in [0, 0.05) is 37.8 Å². The molecule has 1 aromatic heterocycles. The highest BCUT2D eigenvalue weighted by Crippen LogP contribution is 2.30. The zero-order chi connectivity index (χ0) is 33.3. The number of likely N-dealkylation sites (N-methyl/N-ethyl adjacent to an activating group) is 1. The topological polar surface area (TPSA) is 118 Å².